The maximum Gasteiger partial charge on any atom is 0.333 e. The average Bonchev–Trinajstić information content (AvgIpc) is 2.39. The number of nitrogens with zero attached hydrogens (tertiary/aromatic N) is 1. The van der Waals surface area contributed by atoms with E-state index in [1.165, 1.54) is 12.3 Å². The summed E-state index contributed by atoms with van der Waals surface area (Å²) in [4.78, 5) is 26.0. The van der Waals surface area contributed by atoms with E-state index in [2.05, 4.69) is 4.98 Å². The standard InChI is InChI=1S/C12H10N2O4/c15-10-4-5-13-12(16)14(10)8-2-1-3-9-11(8)18-7-6-17-9/h1-5H,6-7H2,(H,13,16). The minimum Gasteiger partial charge on any atom is -0.486 e. The molecule has 1 aromatic heterocycles. The number of para-hydroxylation sites is 1. The number of H-pyrrole nitrogens is 1. The number of fused-ring (bicyclic) bond motifs is 1. The molecule has 6 nitrogen and oxygen atoms in total. The smallest absolute Gasteiger partial charge is 0.333 e. The fourth-order valence-electron chi connectivity index (χ4n) is 1.89. The minimum absolute atomic E-state index is 0.388. The summed E-state index contributed by atoms with van der Waals surface area (Å²) >= 11 is 0. The molecule has 0 unspecified atom stereocenters. The number of benzene rings is 1. The van der Waals surface area contributed by atoms with Crippen LogP contribution in [0.1, 0.15) is 0 Å². The van der Waals surface area contributed by atoms with Crippen molar-refractivity contribution in [2.45, 2.75) is 0 Å². The van der Waals surface area contributed by atoms with Crippen molar-refractivity contribution in [3.8, 4) is 17.2 Å². The Morgan fingerprint density at radius 1 is 1.11 bits per heavy atom. The fourth-order valence-corrected chi connectivity index (χ4v) is 1.89. The molecule has 6 heteroatoms. The second-order valence-corrected chi connectivity index (χ2v) is 3.76. The molecule has 1 aromatic carbocycles. The van der Waals surface area contributed by atoms with Gasteiger partial charge in [-0.05, 0) is 12.1 Å². The van der Waals surface area contributed by atoms with Gasteiger partial charge in [0, 0.05) is 12.3 Å². The van der Waals surface area contributed by atoms with Gasteiger partial charge in [-0.25, -0.2) is 9.36 Å². The van der Waals surface area contributed by atoms with Crippen LogP contribution in [0.3, 0.4) is 0 Å². The molecular formula is C12H10N2O4. The summed E-state index contributed by atoms with van der Waals surface area (Å²) in [6.07, 6.45) is 1.31. The summed E-state index contributed by atoms with van der Waals surface area (Å²) < 4.78 is 11.9. The van der Waals surface area contributed by atoms with E-state index < -0.39 is 11.2 Å². The molecule has 2 aromatic rings. The van der Waals surface area contributed by atoms with Gasteiger partial charge in [0.15, 0.2) is 11.5 Å². The molecule has 18 heavy (non-hydrogen) atoms. The van der Waals surface area contributed by atoms with Crippen LogP contribution >= 0.6 is 0 Å². The molecule has 1 aliphatic rings. The van der Waals surface area contributed by atoms with Crippen LogP contribution in [0.25, 0.3) is 5.69 Å². The summed E-state index contributed by atoms with van der Waals surface area (Å²) in [5.74, 6) is 0.955. The molecule has 0 bridgehead atoms. The lowest BCUT2D eigenvalue weighted by Gasteiger charge is -2.20. The highest BCUT2D eigenvalue weighted by atomic mass is 16.6. The molecule has 0 spiro atoms. The first-order valence-corrected chi connectivity index (χ1v) is 5.47. The molecule has 0 amide bonds. The van der Waals surface area contributed by atoms with Gasteiger partial charge < -0.3 is 14.5 Å². The third-order valence-electron chi connectivity index (χ3n) is 2.64. The Morgan fingerprint density at radius 3 is 2.78 bits per heavy atom. The molecule has 0 fully saturated rings. The molecule has 3 rings (SSSR count). The number of aromatic amines is 1. The molecule has 1 aliphatic heterocycles. The zero-order valence-corrected chi connectivity index (χ0v) is 9.38. The van der Waals surface area contributed by atoms with E-state index in [1.54, 1.807) is 18.2 Å². The van der Waals surface area contributed by atoms with Crippen molar-refractivity contribution in [3.05, 3.63) is 51.3 Å². The first-order chi connectivity index (χ1) is 8.77. The Labute approximate surface area is 101 Å². The second-order valence-electron chi connectivity index (χ2n) is 3.76. The van der Waals surface area contributed by atoms with Crippen LogP contribution < -0.4 is 20.7 Å². The average molecular weight is 246 g/mol. The minimum atomic E-state index is -0.509. The number of nitrogens with one attached hydrogen (secondary N) is 1. The highest BCUT2D eigenvalue weighted by molar-refractivity contribution is 5.56. The Bertz CT molecular complexity index is 673. The van der Waals surface area contributed by atoms with Crippen LogP contribution in [-0.4, -0.2) is 22.8 Å². The van der Waals surface area contributed by atoms with Gasteiger partial charge >= 0.3 is 5.69 Å². The van der Waals surface area contributed by atoms with Crippen LogP contribution in [0.5, 0.6) is 11.5 Å². The number of hydrogen-bond donors (Lipinski definition) is 1. The molecular weight excluding hydrogens is 236 g/mol. The van der Waals surface area contributed by atoms with Gasteiger partial charge in [-0.15, -0.1) is 0 Å². The number of rotatable bonds is 1. The van der Waals surface area contributed by atoms with Gasteiger partial charge in [0.25, 0.3) is 5.56 Å². The Morgan fingerprint density at radius 2 is 1.94 bits per heavy atom. The molecule has 92 valence electrons. The molecule has 0 aliphatic carbocycles. The normalized spacial score (nSPS) is 13.3. The van der Waals surface area contributed by atoms with Crippen molar-refractivity contribution < 1.29 is 9.47 Å². The number of ether oxygens (including phenoxy) is 2. The lowest BCUT2D eigenvalue weighted by atomic mass is 10.2. The lowest BCUT2D eigenvalue weighted by molar-refractivity contribution is 0.171. The predicted octanol–water partition coefficient (Wildman–Crippen LogP) is 0.297. The molecule has 0 saturated heterocycles. The van der Waals surface area contributed by atoms with Crippen LogP contribution in [0.4, 0.5) is 0 Å². The Balaban J connectivity index is 2.30. The fraction of sp³-hybridized carbons (Fsp3) is 0.167. The van der Waals surface area contributed by atoms with E-state index in [0.29, 0.717) is 30.4 Å². The van der Waals surface area contributed by atoms with Gasteiger partial charge in [0.05, 0.1) is 5.69 Å². The van der Waals surface area contributed by atoms with Crippen molar-refractivity contribution in [1.29, 1.82) is 0 Å². The van der Waals surface area contributed by atoms with E-state index >= 15 is 0 Å². The van der Waals surface area contributed by atoms with E-state index in [1.807, 2.05) is 0 Å². The van der Waals surface area contributed by atoms with Gasteiger partial charge in [0.2, 0.25) is 0 Å². The largest absolute Gasteiger partial charge is 0.486 e. The monoisotopic (exact) mass is 246 g/mol. The predicted molar refractivity (Wildman–Crippen MR) is 63.6 cm³/mol. The van der Waals surface area contributed by atoms with Crippen molar-refractivity contribution in [1.82, 2.24) is 9.55 Å². The van der Waals surface area contributed by atoms with E-state index in [4.69, 9.17) is 9.47 Å². The SMILES string of the molecule is O=c1cc[nH]c(=O)n1-c1cccc2c1OCCO2. The number of hydrogen-bond acceptors (Lipinski definition) is 4. The Kier molecular flexibility index (Phi) is 2.40. The third-order valence-corrected chi connectivity index (χ3v) is 2.64. The van der Waals surface area contributed by atoms with Crippen LogP contribution in [-0.2, 0) is 0 Å². The topological polar surface area (TPSA) is 73.3 Å². The number of aromatic nitrogens is 2. The maximum atomic E-state index is 11.8. The molecule has 0 atom stereocenters. The van der Waals surface area contributed by atoms with Gasteiger partial charge in [-0.3, -0.25) is 4.79 Å². The third kappa shape index (κ3) is 1.58. The van der Waals surface area contributed by atoms with Gasteiger partial charge in [-0.2, -0.15) is 0 Å². The van der Waals surface area contributed by atoms with Crippen molar-refractivity contribution >= 4 is 0 Å². The first-order valence-electron chi connectivity index (χ1n) is 5.47. The summed E-state index contributed by atoms with van der Waals surface area (Å²) in [6.45, 7) is 0.847. The lowest BCUT2D eigenvalue weighted by Crippen LogP contribution is -2.33. The quantitative estimate of drug-likeness (QED) is 0.785. The van der Waals surface area contributed by atoms with Crippen molar-refractivity contribution in [2.75, 3.05) is 13.2 Å². The zero-order chi connectivity index (χ0) is 12.5. The summed E-state index contributed by atoms with van der Waals surface area (Å²) in [7, 11) is 0. The summed E-state index contributed by atoms with van der Waals surface area (Å²) in [5.41, 5.74) is -0.537. The van der Waals surface area contributed by atoms with Crippen LogP contribution in [0.15, 0.2) is 40.1 Å². The van der Waals surface area contributed by atoms with Crippen molar-refractivity contribution in [2.24, 2.45) is 0 Å². The van der Waals surface area contributed by atoms with E-state index in [9.17, 15) is 9.59 Å². The summed E-state index contributed by atoms with van der Waals surface area (Å²) in [6, 6.07) is 6.37. The first kappa shape index (κ1) is 10.6. The molecule has 2 heterocycles. The highest BCUT2D eigenvalue weighted by Gasteiger charge is 2.18. The van der Waals surface area contributed by atoms with Crippen molar-refractivity contribution in [3.63, 3.8) is 0 Å². The second kappa shape index (κ2) is 4.06. The van der Waals surface area contributed by atoms with Crippen LogP contribution in [0.2, 0.25) is 0 Å². The summed E-state index contributed by atoms with van der Waals surface area (Å²) in [5, 5.41) is 0. The molecule has 0 saturated carbocycles. The Hall–Kier alpha value is -2.50. The molecule has 0 radical (unpaired) electrons. The van der Waals surface area contributed by atoms with Gasteiger partial charge in [0.1, 0.15) is 13.2 Å². The van der Waals surface area contributed by atoms with E-state index in [-0.39, 0.29) is 0 Å². The molecule has 1 N–H and O–H groups in total. The van der Waals surface area contributed by atoms with Gasteiger partial charge in [-0.1, -0.05) is 6.07 Å². The van der Waals surface area contributed by atoms with E-state index in [0.717, 1.165) is 4.57 Å². The van der Waals surface area contributed by atoms with Crippen LogP contribution in [0, 0.1) is 0 Å². The zero-order valence-electron chi connectivity index (χ0n) is 9.38. The highest BCUT2D eigenvalue weighted by Crippen LogP contribution is 2.34. The maximum absolute atomic E-state index is 11.8.